The molecule has 114 valence electrons. The first kappa shape index (κ1) is 16.1. The Labute approximate surface area is 133 Å². The molecule has 0 aliphatic rings. The van der Waals surface area contributed by atoms with Gasteiger partial charge in [-0.05, 0) is 41.8 Å². The number of aryl methyl sites for hydroxylation is 4. The fourth-order valence-electron chi connectivity index (χ4n) is 2.43. The van der Waals surface area contributed by atoms with Gasteiger partial charge in [0.05, 0.1) is 33.4 Å². The second-order valence-corrected chi connectivity index (χ2v) is 5.94. The van der Waals surface area contributed by atoms with Crippen LogP contribution >= 0.6 is 15.9 Å². The van der Waals surface area contributed by atoms with Gasteiger partial charge in [-0.2, -0.15) is 15.3 Å². The van der Waals surface area contributed by atoms with Crippen molar-refractivity contribution in [2.45, 2.75) is 46.1 Å². The highest BCUT2D eigenvalue weighted by Gasteiger charge is 2.20. The van der Waals surface area contributed by atoms with E-state index < -0.39 is 6.10 Å². The van der Waals surface area contributed by atoms with E-state index in [0.717, 1.165) is 45.7 Å². The second-order valence-electron chi connectivity index (χ2n) is 5.15. The van der Waals surface area contributed by atoms with Crippen molar-refractivity contribution in [3.8, 4) is 0 Å². The van der Waals surface area contributed by atoms with Gasteiger partial charge < -0.3 is 5.11 Å². The molecular formula is C15H21BrN4O. The Bertz CT molecular complexity index is 639. The van der Waals surface area contributed by atoms with E-state index in [-0.39, 0.29) is 0 Å². The molecule has 0 aliphatic heterocycles. The molecule has 1 atom stereocenters. The molecule has 0 fully saturated rings. The number of hydrogen-bond acceptors (Lipinski definition) is 4. The number of rotatable bonds is 5. The fraction of sp³-hybridized carbons (Fsp3) is 0.533. The van der Waals surface area contributed by atoms with E-state index in [1.807, 2.05) is 31.6 Å². The zero-order valence-corrected chi connectivity index (χ0v) is 14.5. The standard InChI is InChI=1S/C15H21BrN4O/c1-5-11-10(7-9(3)17-18-11)14(21)8-13-15(16)12(6-2)19-20(13)4/h7,14,21H,5-6,8H2,1-4H3. The maximum Gasteiger partial charge on any atom is 0.0864 e. The predicted molar refractivity (Wildman–Crippen MR) is 85.1 cm³/mol. The lowest BCUT2D eigenvalue weighted by molar-refractivity contribution is 0.173. The Morgan fingerprint density at radius 3 is 2.48 bits per heavy atom. The van der Waals surface area contributed by atoms with Crippen molar-refractivity contribution < 1.29 is 5.11 Å². The van der Waals surface area contributed by atoms with Gasteiger partial charge in [0, 0.05) is 19.0 Å². The average molecular weight is 353 g/mol. The number of aliphatic hydroxyl groups is 1. The minimum absolute atomic E-state index is 0.502. The topological polar surface area (TPSA) is 63.8 Å². The lowest BCUT2D eigenvalue weighted by Gasteiger charge is -2.15. The van der Waals surface area contributed by atoms with Gasteiger partial charge in [0.1, 0.15) is 0 Å². The normalized spacial score (nSPS) is 12.7. The summed E-state index contributed by atoms with van der Waals surface area (Å²) >= 11 is 3.59. The van der Waals surface area contributed by atoms with Crippen molar-refractivity contribution in [1.29, 1.82) is 0 Å². The summed E-state index contributed by atoms with van der Waals surface area (Å²) in [6.45, 7) is 5.97. The number of aliphatic hydroxyl groups excluding tert-OH is 1. The highest BCUT2D eigenvalue weighted by Crippen LogP contribution is 2.27. The van der Waals surface area contributed by atoms with Crippen molar-refractivity contribution in [3.05, 3.63) is 38.9 Å². The van der Waals surface area contributed by atoms with Gasteiger partial charge in [-0.3, -0.25) is 4.68 Å². The van der Waals surface area contributed by atoms with Crippen LogP contribution in [0, 0.1) is 6.92 Å². The number of halogens is 1. The summed E-state index contributed by atoms with van der Waals surface area (Å²) in [6.07, 6.45) is 1.51. The van der Waals surface area contributed by atoms with Crippen LogP contribution in [0.4, 0.5) is 0 Å². The molecule has 0 aliphatic carbocycles. The van der Waals surface area contributed by atoms with Gasteiger partial charge in [0.15, 0.2) is 0 Å². The van der Waals surface area contributed by atoms with Crippen LogP contribution in [0.5, 0.6) is 0 Å². The summed E-state index contributed by atoms with van der Waals surface area (Å²) in [5.74, 6) is 0. The summed E-state index contributed by atoms with van der Waals surface area (Å²) in [5.41, 5.74) is 4.54. The largest absolute Gasteiger partial charge is 0.388 e. The van der Waals surface area contributed by atoms with Gasteiger partial charge in [0.2, 0.25) is 0 Å². The molecule has 2 aromatic heterocycles. The molecular weight excluding hydrogens is 332 g/mol. The van der Waals surface area contributed by atoms with Crippen molar-refractivity contribution in [3.63, 3.8) is 0 Å². The third kappa shape index (κ3) is 3.32. The Kier molecular flexibility index (Phi) is 5.11. The van der Waals surface area contributed by atoms with E-state index in [1.54, 1.807) is 0 Å². The van der Waals surface area contributed by atoms with E-state index in [2.05, 4.69) is 38.1 Å². The summed E-state index contributed by atoms with van der Waals surface area (Å²) in [4.78, 5) is 0. The highest BCUT2D eigenvalue weighted by molar-refractivity contribution is 9.10. The molecule has 0 spiro atoms. The number of hydrogen-bond donors (Lipinski definition) is 1. The fourth-order valence-corrected chi connectivity index (χ4v) is 3.21. The average Bonchev–Trinajstić information content (AvgIpc) is 2.74. The van der Waals surface area contributed by atoms with Crippen LogP contribution in [-0.2, 0) is 26.3 Å². The Balaban J connectivity index is 2.32. The van der Waals surface area contributed by atoms with Crippen LogP contribution in [0.3, 0.4) is 0 Å². The molecule has 1 unspecified atom stereocenters. The van der Waals surface area contributed by atoms with Crippen molar-refractivity contribution in [2.24, 2.45) is 7.05 Å². The molecule has 0 bridgehead atoms. The maximum absolute atomic E-state index is 10.6. The van der Waals surface area contributed by atoms with Crippen LogP contribution < -0.4 is 0 Å². The first-order valence-electron chi connectivity index (χ1n) is 7.19. The Morgan fingerprint density at radius 2 is 1.90 bits per heavy atom. The lowest BCUT2D eigenvalue weighted by atomic mass is 10.0. The van der Waals surface area contributed by atoms with Crippen LogP contribution in [-0.4, -0.2) is 25.1 Å². The van der Waals surface area contributed by atoms with Gasteiger partial charge in [-0.15, -0.1) is 0 Å². The first-order valence-corrected chi connectivity index (χ1v) is 7.98. The van der Waals surface area contributed by atoms with Crippen molar-refractivity contribution in [1.82, 2.24) is 20.0 Å². The van der Waals surface area contributed by atoms with E-state index in [1.165, 1.54) is 0 Å². The summed E-state index contributed by atoms with van der Waals surface area (Å²) < 4.78 is 2.82. The van der Waals surface area contributed by atoms with Crippen LogP contribution in [0.15, 0.2) is 10.5 Å². The summed E-state index contributed by atoms with van der Waals surface area (Å²) in [6, 6.07) is 1.92. The SMILES string of the molecule is CCc1nnc(C)cc1C(O)Cc1c(Br)c(CC)nn1C. The van der Waals surface area contributed by atoms with Crippen LogP contribution in [0.2, 0.25) is 0 Å². The minimum Gasteiger partial charge on any atom is -0.388 e. The van der Waals surface area contributed by atoms with E-state index in [9.17, 15) is 5.11 Å². The zero-order chi connectivity index (χ0) is 15.6. The summed E-state index contributed by atoms with van der Waals surface area (Å²) in [7, 11) is 1.91. The molecule has 2 heterocycles. The lowest BCUT2D eigenvalue weighted by Crippen LogP contribution is -2.11. The van der Waals surface area contributed by atoms with E-state index >= 15 is 0 Å². The molecule has 5 nitrogen and oxygen atoms in total. The van der Waals surface area contributed by atoms with E-state index in [4.69, 9.17) is 0 Å². The third-order valence-electron chi connectivity index (χ3n) is 3.61. The molecule has 0 radical (unpaired) electrons. The Morgan fingerprint density at radius 1 is 1.24 bits per heavy atom. The molecule has 0 amide bonds. The monoisotopic (exact) mass is 352 g/mol. The van der Waals surface area contributed by atoms with Gasteiger partial charge >= 0.3 is 0 Å². The number of aromatic nitrogens is 4. The van der Waals surface area contributed by atoms with Crippen molar-refractivity contribution in [2.75, 3.05) is 0 Å². The van der Waals surface area contributed by atoms with Crippen LogP contribution in [0.25, 0.3) is 0 Å². The second kappa shape index (κ2) is 6.66. The molecule has 0 saturated heterocycles. The summed E-state index contributed by atoms with van der Waals surface area (Å²) in [5, 5.41) is 23.3. The third-order valence-corrected chi connectivity index (χ3v) is 4.52. The molecule has 0 saturated carbocycles. The Hall–Kier alpha value is -1.27. The number of nitrogens with zero attached hydrogens (tertiary/aromatic N) is 4. The molecule has 2 rings (SSSR count). The molecule has 21 heavy (non-hydrogen) atoms. The maximum atomic E-state index is 10.6. The molecule has 6 heteroatoms. The van der Waals surface area contributed by atoms with Gasteiger partial charge in [0.25, 0.3) is 0 Å². The quantitative estimate of drug-likeness (QED) is 0.898. The molecule has 0 aromatic carbocycles. The first-order chi connectivity index (χ1) is 9.97. The molecule has 1 N–H and O–H groups in total. The van der Waals surface area contributed by atoms with E-state index in [0.29, 0.717) is 6.42 Å². The predicted octanol–water partition coefficient (Wildman–Crippen LogP) is 2.68. The van der Waals surface area contributed by atoms with Crippen LogP contribution in [0.1, 0.15) is 48.3 Å². The zero-order valence-electron chi connectivity index (χ0n) is 12.9. The van der Waals surface area contributed by atoms with Gasteiger partial charge in [-0.1, -0.05) is 13.8 Å². The smallest absolute Gasteiger partial charge is 0.0864 e. The molecule has 2 aromatic rings. The minimum atomic E-state index is -0.606. The van der Waals surface area contributed by atoms with Gasteiger partial charge in [-0.25, -0.2) is 0 Å². The highest BCUT2D eigenvalue weighted by atomic mass is 79.9. The van der Waals surface area contributed by atoms with Crippen molar-refractivity contribution >= 4 is 15.9 Å².